The van der Waals surface area contributed by atoms with Crippen LogP contribution in [0.3, 0.4) is 0 Å². The Kier molecular flexibility index (Phi) is 7.13. The molecule has 0 aliphatic carbocycles. The highest BCUT2D eigenvalue weighted by molar-refractivity contribution is 7.99. The van der Waals surface area contributed by atoms with E-state index in [2.05, 4.69) is 19.7 Å². The van der Waals surface area contributed by atoms with E-state index in [1.165, 1.54) is 17.3 Å². The molecule has 0 bridgehead atoms. The summed E-state index contributed by atoms with van der Waals surface area (Å²) in [4.78, 5) is 17.3. The van der Waals surface area contributed by atoms with Crippen molar-refractivity contribution in [1.82, 2.24) is 19.7 Å². The number of thioether (sulfide) groups is 1. The van der Waals surface area contributed by atoms with Gasteiger partial charge in [0.2, 0.25) is 5.89 Å². The number of benzene rings is 1. The van der Waals surface area contributed by atoms with Gasteiger partial charge in [-0.2, -0.15) is 0 Å². The monoisotopic (exact) mass is 486 g/mol. The van der Waals surface area contributed by atoms with Crippen molar-refractivity contribution in [3.8, 4) is 0 Å². The van der Waals surface area contributed by atoms with Crippen LogP contribution >= 0.6 is 34.7 Å². The van der Waals surface area contributed by atoms with Gasteiger partial charge in [-0.1, -0.05) is 35.5 Å². The molecule has 6 nitrogen and oxygen atoms in total. The minimum absolute atomic E-state index is 0.0516. The van der Waals surface area contributed by atoms with Gasteiger partial charge in [-0.15, -0.1) is 21.5 Å². The van der Waals surface area contributed by atoms with Crippen molar-refractivity contribution in [3.63, 3.8) is 0 Å². The smallest absolute Gasteiger partial charge is 0.277 e. The van der Waals surface area contributed by atoms with Crippen molar-refractivity contribution in [2.75, 3.05) is 5.75 Å². The average Bonchev–Trinajstić information content (AvgIpc) is 3.46. The summed E-state index contributed by atoms with van der Waals surface area (Å²) in [6.45, 7) is 6.79. The summed E-state index contributed by atoms with van der Waals surface area (Å²) >= 11 is 8.82. The van der Waals surface area contributed by atoms with E-state index in [0.29, 0.717) is 17.5 Å². The molecule has 0 saturated heterocycles. The van der Waals surface area contributed by atoms with Crippen LogP contribution < -0.4 is 0 Å². The van der Waals surface area contributed by atoms with Crippen LogP contribution in [0.2, 0.25) is 5.02 Å². The van der Waals surface area contributed by atoms with Crippen molar-refractivity contribution in [3.05, 3.63) is 79.8 Å². The summed E-state index contributed by atoms with van der Waals surface area (Å²) in [7, 11) is 0. The summed E-state index contributed by atoms with van der Waals surface area (Å²) in [5.41, 5.74) is 4.92. The summed E-state index contributed by atoms with van der Waals surface area (Å²) in [6.07, 6.45) is 1.37. The molecule has 4 rings (SSSR count). The van der Waals surface area contributed by atoms with E-state index in [9.17, 15) is 4.79 Å². The SMILES string of the molecule is Cc1nc(Cc2nnc(SCC(=O)c3cc(C)n(CCc4ccc(Cl)cc4)c3C)o2)cs1. The molecule has 0 amide bonds. The van der Waals surface area contributed by atoms with Gasteiger partial charge in [-0.05, 0) is 51.0 Å². The second-order valence-corrected chi connectivity index (χ2v) is 9.95. The lowest BCUT2D eigenvalue weighted by molar-refractivity contribution is 0.102. The number of carbonyl (C=O) groups excluding carboxylic acids is 1. The average molecular weight is 487 g/mol. The van der Waals surface area contributed by atoms with Crippen LogP contribution in [0, 0.1) is 20.8 Å². The van der Waals surface area contributed by atoms with Crippen LogP contribution in [0.5, 0.6) is 0 Å². The number of rotatable bonds is 9. The third kappa shape index (κ3) is 5.49. The van der Waals surface area contributed by atoms with Gasteiger partial charge in [0.1, 0.15) is 0 Å². The predicted octanol–water partition coefficient (Wildman–Crippen LogP) is 5.71. The highest BCUT2D eigenvalue weighted by atomic mass is 35.5. The molecule has 166 valence electrons. The first kappa shape index (κ1) is 22.8. The second kappa shape index (κ2) is 10.0. The lowest BCUT2D eigenvalue weighted by atomic mass is 10.1. The predicted molar refractivity (Wildman–Crippen MR) is 128 cm³/mol. The van der Waals surface area contributed by atoms with Crippen LogP contribution in [-0.4, -0.2) is 31.3 Å². The Hall–Kier alpha value is -2.42. The quantitative estimate of drug-likeness (QED) is 0.222. The first-order valence-corrected chi connectivity index (χ1v) is 12.4. The fourth-order valence-electron chi connectivity index (χ4n) is 3.54. The Morgan fingerprint density at radius 2 is 1.97 bits per heavy atom. The van der Waals surface area contributed by atoms with Crippen LogP contribution in [0.15, 0.2) is 45.4 Å². The summed E-state index contributed by atoms with van der Waals surface area (Å²) in [6, 6.07) is 9.84. The summed E-state index contributed by atoms with van der Waals surface area (Å²) < 4.78 is 7.86. The van der Waals surface area contributed by atoms with E-state index in [0.717, 1.165) is 45.6 Å². The number of aryl methyl sites for hydroxylation is 3. The van der Waals surface area contributed by atoms with Gasteiger partial charge in [0.15, 0.2) is 5.78 Å². The molecule has 32 heavy (non-hydrogen) atoms. The normalized spacial score (nSPS) is 11.2. The fourth-order valence-corrected chi connectivity index (χ4v) is 4.94. The van der Waals surface area contributed by atoms with E-state index in [1.54, 1.807) is 11.3 Å². The highest BCUT2D eigenvalue weighted by Gasteiger charge is 2.18. The molecular formula is C23H23ClN4O2S2. The van der Waals surface area contributed by atoms with Gasteiger partial charge in [0.05, 0.1) is 22.9 Å². The van der Waals surface area contributed by atoms with E-state index in [1.807, 2.05) is 56.5 Å². The van der Waals surface area contributed by atoms with Crippen molar-refractivity contribution in [1.29, 1.82) is 0 Å². The number of Topliss-reactive ketones (excluding diaryl/α,β-unsaturated/α-hetero) is 1. The Morgan fingerprint density at radius 1 is 1.19 bits per heavy atom. The maximum absolute atomic E-state index is 12.9. The fraction of sp³-hybridized carbons (Fsp3) is 0.304. The van der Waals surface area contributed by atoms with Gasteiger partial charge in [0, 0.05) is 33.9 Å². The number of hydrogen-bond donors (Lipinski definition) is 0. The van der Waals surface area contributed by atoms with Gasteiger partial charge in [-0.25, -0.2) is 4.98 Å². The zero-order chi connectivity index (χ0) is 22.7. The molecule has 0 atom stereocenters. The number of aromatic nitrogens is 4. The Balaban J connectivity index is 1.35. The first-order chi connectivity index (χ1) is 15.4. The maximum atomic E-state index is 12.9. The third-order valence-electron chi connectivity index (χ3n) is 5.19. The van der Waals surface area contributed by atoms with Crippen LogP contribution in [0.4, 0.5) is 0 Å². The van der Waals surface area contributed by atoms with Crippen molar-refractivity contribution >= 4 is 40.5 Å². The van der Waals surface area contributed by atoms with Crippen LogP contribution in [-0.2, 0) is 19.4 Å². The molecule has 1 aromatic carbocycles. The van der Waals surface area contributed by atoms with E-state index in [4.69, 9.17) is 16.0 Å². The van der Waals surface area contributed by atoms with Gasteiger partial charge in [0.25, 0.3) is 5.22 Å². The van der Waals surface area contributed by atoms with Gasteiger partial charge in [-0.3, -0.25) is 4.79 Å². The molecule has 0 saturated carbocycles. The van der Waals surface area contributed by atoms with Crippen molar-refractivity contribution in [2.45, 2.75) is 45.4 Å². The Bertz CT molecular complexity index is 1230. The molecule has 0 radical (unpaired) electrons. The van der Waals surface area contributed by atoms with Crippen molar-refractivity contribution < 1.29 is 9.21 Å². The van der Waals surface area contributed by atoms with Crippen LogP contribution in [0.1, 0.15) is 43.9 Å². The molecular weight excluding hydrogens is 464 g/mol. The number of nitrogens with zero attached hydrogens (tertiary/aromatic N) is 4. The molecule has 0 spiro atoms. The number of hydrogen-bond acceptors (Lipinski definition) is 7. The second-order valence-electron chi connectivity index (χ2n) is 7.52. The zero-order valence-electron chi connectivity index (χ0n) is 18.1. The van der Waals surface area contributed by atoms with Gasteiger partial charge < -0.3 is 8.98 Å². The molecule has 0 N–H and O–H groups in total. The lowest BCUT2D eigenvalue weighted by Crippen LogP contribution is -2.08. The van der Waals surface area contributed by atoms with E-state index in [-0.39, 0.29) is 11.5 Å². The van der Waals surface area contributed by atoms with Crippen molar-refractivity contribution in [2.24, 2.45) is 0 Å². The summed E-state index contributed by atoms with van der Waals surface area (Å²) in [5, 5.41) is 12.2. The first-order valence-electron chi connectivity index (χ1n) is 10.2. The molecule has 3 heterocycles. The molecule has 0 aliphatic heterocycles. The van der Waals surface area contributed by atoms with Gasteiger partial charge >= 0.3 is 0 Å². The molecule has 0 unspecified atom stereocenters. The topological polar surface area (TPSA) is 73.8 Å². The number of halogens is 1. The number of carbonyl (C=O) groups is 1. The number of thiazole rings is 1. The van der Waals surface area contributed by atoms with E-state index >= 15 is 0 Å². The Labute approximate surface area is 200 Å². The van der Waals surface area contributed by atoms with Crippen LogP contribution in [0.25, 0.3) is 0 Å². The third-order valence-corrected chi connectivity index (χ3v) is 7.08. The molecule has 4 aromatic rings. The standard InChI is InChI=1S/C23H23ClN4O2S2/c1-14-10-20(15(2)28(14)9-8-17-4-6-18(24)7-5-17)21(29)13-32-23-27-26-22(30-23)11-19-12-31-16(3)25-19/h4-7,10,12H,8-9,11,13H2,1-3H3. The number of ketones is 1. The molecule has 3 aromatic heterocycles. The maximum Gasteiger partial charge on any atom is 0.277 e. The van der Waals surface area contributed by atoms with E-state index < -0.39 is 0 Å². The minimum atomic E-state index is 0.0516. The molecule has 0 fully saturated rings. The minimum Gasteiger partial charge on any atom is -0.416 e. The molecule has 0 aliphatic rings. The molecule has 9 heteroatoms. The Morgan fingerprint density at radius 3 is 2.69 bits per heavy atom. The largest absolute Gasteiger partial charge is 0.416 e. The highest BCUT2D eigenvalue weighted by Crippen LogP contribution is 2.23. The zero-order valence-corrected chi connectivity index (χ0v) is 20.5. The lowest BCUT2D eigenvalue weighted by Gasteiger charge is -2.10. The summed E-state index contributed by atoms with van der Waals surface area (Å²) in [5.74, 6) is 0.806.